The van der Waals surface area contributed by atoms with Crippen molar-refractivity contribution in [2.75, 3.05) is 13.7 Å². The molecule has 2 fully saturated rings. The van der Waals surface area contributed by atoms with E-state index >= 15 is 0 Å². The maximum atomic E-state index is 10.2. The molecule has 1 aliphatic carbocycles. The quantitative estimate of drug-likeness (QED) is 0.889. The summed E-state index contributed by atoms with van der Waals surface area (Å²) in [5.41, 5.74) is 5.94. The van der Waals surface area contributed by atoms with Crippen LogP contribution in [0.25, 0.3) is 0 Å². The number of nitrogens with zero attached hydrogens (tertiary/aromatic N) is 1. The molecule has 1 saturated heterocycles. The summed E-state index contributed by atoms with van der Waals surface area (Å²) in [6.45, 7) is 8.32. The van der Waals surface area contributed by atoms with Crippen molar-refractivity contribution in [3.05, 3.63) is 33.9 Å². The number of aryl methyl sites for hydroxylation is 2. The largest absolute Gasteiger partial charge is 0.393 e. The number of methoxy groups -OCH3 is 1. The first-order valence-electron chi connectivity index (χ1n) is 9.08. The van der Waals surface area contributed by atoms with E-state index < -0.39 is 0 Å². The number of hydrogen-bond acceptors (Lipinski definition) is 4. The predicted molar refractivity (Wildman–Crippen MR) is 95.0 cm³/mol. The lowest BCUT2D eigenvalue weighted by atomic mass is 9.79. The molecular weight excluding hydrogens is 302 g/mol. The van der Waals surface area contributed by atoms with E-state index in [1.165, 1.54) is 16.7 Å². The van der Waals surface area contributed by atoms with Crippen LogP contribution in [0, 0.1) is 20.8 Å². The van der Waals surface area contributed by atoms with Crippen molar-refractivity contribution >= 4 is 0 Å². The fourth-order valence-electron chi connectivity index (χ4n) is 4.92. The first kappa shape index (κ1) is 17.9. The van der Waals surface area contributed by atoms with Crippen molar-refractivity contribution < 1.29 is 14.9 Å². The van der Waals surface area contributed by atoms with Gasteiger partial charge in [-0.2, -0.15) is 0 Å². The molecule has 2 aliphatic rings. The Balaban J connectivity index is 1.89. The van der Waals surface area contributed by atoms with Crippen molar-refractivity contribution in [3.63, 3.8) is 0 Å². The van der Waals surface area contributed by atoms with E-state index in [1.54, 1.807) is 0 Å². The number of fused-ring (bicyclic) bond motifs is 1. The summed E-state index contributed by atoms with van der Waals surface area (Å²) in [5.74, 6) is 0. The van der Waals surface area contributed by atoms with Gasteiger partial charge in [0.15, 0.2) is 0 Å². The topological polar surface area (TPSA) is 52.9 Å². The molecule has 0 amide bonds. The molecule has 4 heteroatoms. The Morgan fingerprint density at radius 3 is 2.58 bits per heavy atom. The smallest absolute Gasteiger partial charge is 0.0847 e. The van der Waals surface area contributed by atoms with Gasteiger partial charge in [0.05, 0.1) is 18.3 Å². The Morgan fingerprint density at radius 1 is 1.21 bits per heavy atom. The molecule has 0 radical (unpaired) electrons. The normalized spacial score (nSPS) is 30.6. The van der Waals surface area contributed by atoms with Crippen LogP contribution in [-0.4, -0.2) is 46.5 Å². The molecule has 3 rings (SSSR count). The third-order valence-electron chi connectivity index (χ3n) is 6.48. The van der Waals surface area contributed by atoms with Crippen LogP contribution in [0.1, 0.15) is 53.5 Å². The molecular formula is C20H31NO3. The molecule has 0 spiro atoms. The van der Waals surface area contributed by atoms with Gasteiger partial charge in [-0.25, -0.2) is 0 Å². The molecule has 3 atom stereocenters. The van der Waals surface area contributed by atoms with Crippen molar-refractivity contribution in [2.24, 2.45) is 0 Å². The Kier molecular flexibility index (Phi) is 5.03. The van der Waals surface area contributed by atoms with Crippen LogP contribution in [-0.2, 0) is 17.9 Å². The summed E-state index contributed by atoms with van der Waals surface area (Å²) in [6, 6.07) is 2.47. The maximum Gasteiger partial charge on any atom is 0.0847 e. The van der Waals surface area contributed by atoms with E-state index in [0.717, 1.165) is 49.9 Å². The van der Waals surface area contributed by atoms with Gasteiger partial charge >= 0.3 is 0 Å². The van der Waals surface area contributed by atoms with Crippen molar-refractivity contribution in [1.29, 1.82) is 0 Å². The van der Waals surface area contributed by atoms with Gasteiger partial charge in [0.1, 0.15) is 0 Å². The minimum Gasteiger partial charge on any atom is -0.393 e. The summed E-state index contributed by atoms with van der Waals surface area (Å²) in [4.78, 5) is 2.48. The van der Waals surface area contributed by atoms with Gasteiger partial charge in [-0.3, -0.25) is 4.90 Å². The summed E-state index contributed by atoms with van der Waals surface area (Å²) in [6.07, 6.45) is 3.41. The summed E-state index contributed by atoms with van der Waals surface area (Å²) < 4.78 is 5.95. The van der Waals surface area contributed by atoms with Gasteiger partial charge in [-0.05, 0) is 74.3 Å². The highest BCUT2D eigenvalue weighted by Crippen LogP contribution is 2.43. The van der Waals surface area contributed by atoms with Crippen molar-refractivity contribution in [2.45, 2.75) is 77.4 Å². The molecule has 1 aromatic carbocycles. The van der Waals surface area contributed by atoms with Gasteiger partial charge in [0.25, 0.3) is 0 Å². The molecule has 1 aromatic rings. The number of benzene rings is 1. The van der Waals surface area contributed by atoms with Crippen LogP contribution >= 0.6 is 0 Å². The van der Waals surface area contributed by atoms with E-state index in [0.29, 0.717) is 0 Å². The SMILES string of the molecule is CO[C@@]12CC[C@H](O)C[C@@H]1N(Cc1c(C)cc(C)c(CO)c1C)CC2. The zero-order valence-electron chi connectivity index (χ0n) is 15.4. The second-order valence-electron chi connectivity index (χ2n) is 7.68. The Morgan fingerprint density at radius 2 is 1.92 bits per heavy atom. The number of likely N-dealkylation sites (tertiary alicyclic amines) is 1. The van der Waals surface area contributed by atoms with Gasteiger partial charge in [0, 0.05) is 26.2 Å². The first-order chi connectivity index (χ1) is 11.4. The van der Waals surface area contributed by atoms with E-state index in [-0.39, 0.29) is 24.4 Å². The second kappa shape index (κ2) is 6.75. The summed E-state index contributed by atoms with van der Waals surface area (Å²) >= 11 is 0. The van der Waals surface area contributed by atoms with Crippen LogP contribution in [0.2, 0.25) is 0 Å². The van der Waals surface area contributed by atoms with E-state index in [9.17, 15) is 10.2 Å². The highest BCUT2D eigenvalue weighted by atomic mass is 16.5. The van der Waals surface area contributed by atoms with Crippen molar-refractivity contribution in [1.82, 2.24) is 4.90 Å². The molecule has 24 heavy (non-hydrogen) atoms. The molecule has 0 bridgehead atoms. The van der Waals surface area contributed by atoms with Gasteiger partial charge in [-0.1, -0.05) is 6.07 Å². The Bertz CT molecular complexity index is 615. The van der Waals surface area contributed by atoms with E-state index in [1.807, 2.05) is 7.11 Å². The zero-order chi connectivity index (χ0) is 17.5. The summed E-state index contributed by atoms with van der Waals surface area (Å²) in [5, 5.41) is 19.9. The average molecular weight is 333 g/mol. The molecule has 4 nitrogen and oxygen atoms in total. The van der Waals surface area contributed by atoms with E-state index in [4.69, 9.17) is 4.74 Å². The molecule has 1 aliphatic heterocycles. The number of ether oxygens (including phenoxy) is 1. The fraction of sp³-hybridized carbons (Fsp3) is 0.700. The Labute approximate surface area is 145 Å². The van der Waals surface area contributed by atoms with Crippen LogP contribution in [0.4, 0.5) is 0 Å². The maximum absolute atomic E-state index is 10.2. The third-order valence-corrected chi connectivity index (χ3v) is 6.48. The van der Waals surface area contributed by atoms with Gasteiger partial charge in [-0.15, -0.1) is 0 Å². The highest BCUT2D eigenvalue weighted by Gasteiger charge is 2.50. The first-order valence-corrected chi connectivity index (χ1v) is 9.08. The van der Waals surface area contributed by atoms with Crippen LogP contribution in [0.15, 0.2) is 6.07 Å². The molecule has 2 N–H and O–H groups in total. The van der Waals surface area contributed by atoms with Crippen molar-refractivity contribution in [3.8, 4) is 0 Å². The molecule has 1 heterocycles. The van der Waals surface area contributed by atoms with Gasteiger partial charge in [0.2, 0.25) is 0 Å². The zero-order valence-corrected chi connectivity index (χ0v) is 15.4. The molecule has 134 valence electrons. The third kappa shape index (κ3) is 2.90. The molecule has 0 unspecified atom stereocenters. The Hall–Kier alpha value is -0.940. The van der Waals surface area contributed by atoms with Crippen LogP contribution < -0.4 is 0 Å². The van der Waals surface area contributed by atoms with Gasteiger partial charge < -0.3 is 14.9 Å². The second-order valence-corrected chi connectivity index (χ2v) is 7.68. The van der Waals surface area contributed by atoms with Crippen LogP contribution in [0.5, 0.6) is 0 Å². The lowest BCUT2D eigenvalue weighted by Gasteiger charge is -2.42. The standard InChI is InChI=1S/C20H31NO3/c1-13-9-14(2)18(12-22)15(3)17(13)11-21-8-7-20(24-4)6-5-16(23)10-19(20)21/h9,16,19,22-23H,5-8,10-12H2,1-4H3/t16-,19-,20+/m0/s1. The number of aliphatic hydroxyl groups excluding tert-OH is 2. The lowest BCUT2D eigenvalue weighted by molar-refractivity contribution is -0.0879. The minimum absolute atomic E-state index is 0.0917. The number of rotatable bonds is 4. The molecule has 0 aromatic heterocycles. The average Bonchev–Trinajstić information content (AvgIpc) is 2.90. The van der Waals surface area contributed by atoms with Crippen LogP contribution in [0.3, 0.4) is 0 Å². The predicted octanol–water partition coefficient (Wildman–Crippen LogP) is 2.61. The monoisotopic (exact) mass is 333 g/mol. The summed E-state index contributed by atoms with van der Waals surface area (Å²) in [7, 11) is 1.82. The number of aliphatic hydroxyl groups is 2. The molecule has 1 saturated carbocycles. The lowest BCUT2D eigenvalue weighted by Crippen LogP contribution is -2.51. The van der Waals surface area contributed by atoms with E-state index in [2.05, 4.69) is 31.7 Å². The highest BCUT2D eigenvalue weighted by molar-refractivity contribution is 5.44. The minimum atomic E-state index is -0.216. The fourth-order valence-corrected chi connectivity index (χ4v) is 4.92. The number of hydrogen-bond donors (Lipinski definition) is 2.